The Kier molecular flexibility index (Phi) is 34.8. The van der Waals surface area contributed by atoms with Gasteiger partial charge in [-0.2, -0.15) is 0 Å². The number of hydrogen-bond acceptors (Lipinski definition) is 1. The van der Waals surface area contributed by atoms with Gasteiger partial charge in [0.2, 0.25) is 0 Å². The number of rotatable bonds is 11. The van der Waals surface area contributed by atoms with E-state index in [2.05, 4.69) is 76.7 Å². The Morgan fingerprint density at radius 2 is 1.00 bits per heavy atom. The van der Waals surface area contributed by atoms with Gasteiger partial charge in [0.05, 0.1) is 0 Å². The molecule has 177 valence electrons. The summed E-state index contributed by atoms with van der Waals surface area (Å²) < 4.78 is 5.00. The largest absolute Gasteiger partial charge is 0.678 e. The van der Waals surface area contributed by atoms with Crippen molar-refractivity contribution in [1.82, 2.24) is 0 Å². The average molecular weight is 539 g/mol. The number of ether oxygens (including phenoxy) is 1. The van der Waals surface area contributed by atoms with Crippen molar-refractivity contribution < 1.29 is 40.3 Å². The first-order valence-corrected chi connectivity index (χ1v) is 10.8. The number of hydrogen-bond donors (Lipinski definition) is 0. The molecular weight excluding hydrogens is 487 g/mol. The normalized spacial score (nSPS) is 13.6. The minimum absolute atomic E-state index is 0. The Balaban J connectivity index is -0.000000156. The molecule has 0 aliphatic heterocycles. The molecule has 1 rings (SSSR count). The Labute approximate surface area is 212 Å². The molecule has 0 aromatic carbocycles. The summed E-state index contributed by atoms with van der Waals surface area (Å²) in [6.45, 7) is 18.8. The van der Waals surface area contributed by atoms with Crippen molar-refractivity contribution in [2.45, 2.75) is 112 Å². The van der Waals surface area contributed by atoms with Gasteiger partial charge >= 0.3 is 0 Å². The van der Waals surface area contributed by atoms with Gasteiger partial charge in [0.25, 0.3) is 0 Å². The molecule has 0 aromatic rings. The summed E-state index contributed by atoms with van der Waals surface area (Å²) in [5, 5.41) is 16.8. The van der Waals surface area contributed by atoms with E-state index in [1.807, 2.05) is 0 Å². The minimum Gasteiger partial charge on any atom is -0.678 e. The Bertz CT molecular complexity index is 250. The molecule has 29 heavy (non-hydrogen) atoms. The van der Waals surface area contributed by atoms with E-state index in [1.54, 1.807) is 7.11 Å². The molecule has 0 aromatic heterocycles. The maximum Gasteiger partial charge on any atom is 0.0464 e. The third kappa shape index (κ3) is 36.7. The molecule has 1 radical (unpaired) electrons. The van der Waals surface area contributed by atoms with Crippen LogP contribution < -0.4 is 0 Å². The second kappa shape index (κ2) is 27.0. The summed E-state index contributed by atoms with van der Waals surface area (Å²) >= 11 is 0. The predicted molar refractivity (Wildman–Crippen MR) is 129 cm³/mol. The van der Waals surface area contributed by atoms with Crippen LogP contribution in [0, 0.1) is 48.9 Å². The molecule has 0 heterocycles. The van der Waals surface area contributed by atoms with Gasteiger partial charge in [-0.05, 0) is 12.3 Å². The van der Waals surface area contributed by atoms with E-state index in [0.717, 1.165) is 12.5 Å². The van der Waals surface area contributed by atoms with E-state index in [4.69, 9.17) is 4.74 Å². The summed E-state index contributed by atoms with van der Waals surface area (Å²) in [4.78, 5) is 0. The van der Waals surface area contributed by atoms with E-state index in [0.29, 0.717) is 37.5 Å². The summed E-state index contributed by atoms with van der Waals surface area (Å²) in [5.74, 6) is 0.991. The van der Waals surface area contributed by atoms with Crippen LogP contribution in [0.25, 0.3) is 21.3 Å². The fraction of sp³-hybridized carbons (Fsp3) is 0.957. The molecule has 1 fully saturated rings. The maximum absolute atomic E-state index is 5.00. The van der Waals surface area contributed by atoms with Crippen LogP contribution in [-0.4, -0.2) is 51.2 Å². The van der Waals surface area contributed by atoms with Crippen molar-refractivity contribution in [1.29, 1.82) is 0 Å². The van der Waals surface area contributed by atoms with Crippen LogP contribution in [0.4, 0.5) is 0 Å². The summed E-state index contributed by atoms with van der Waals surface area (Å²) in [5.41, 5.74) is 0. The quantitative estimate of drug-likeness (QED) is 0.249. The average Bonchev–Trinajstić information content (AvgIpc) is 3.06. The van der Waals surface area contributed by atoms with Crippen molar-refractivity contribution in [3.8, 4) is 0 Å². The second-order valence-electron chi connectivity index (χ2n) is 8.32. The van der Waals surface area contributed by atoms with E-state index < -0.39 is 0 Å². The van der Waals surface area contributed by atoms with Crippen LogP contribution in [0.2, 0.25) is 0 Å². The zero-order chi connectivity index (χ0) is 21.1. The van der Waals surface area contributed by atoms with Crippen molar-refractivity contribution >= 4 is 0 Å². The van der Waals surface area contributed by atoms with E-state index in [-0.39, 0.29) is 43.0 Å². The Morgan fingerprint density at radius 3 is 1.24 bits per heavy atom. The zero-order valence-corrected chi connectivity index (χ0v) is 24.9. The van der Waals surface area contributed by atoms with Crippen LogP contribution in [0.1, 0.15) is 87.5 Å². The van der Waals surface area contributed by atoms with Crippen LogP contribution >= 0.6 is 0 Å². The zero-order valence-electron chi connectivity index (χ0n) is 21.3. The topological polar surface area (TPSA) is 65.6 Å². The molecule has 0 amide bonds. The van der Waals surface area contributed by atoms with E-state index in [9.17, 15) is 0 Å². The summed E-state index contributed by atoms with van der Waals surface area (Å²) in [6.07, 6.45) is 7.09. The third-order valence-corrected chi connectivity index (χ3v) is 3.99. The first kappa shape index (κ1) is 37.3. The van der Waals surface area contributed by atoms with E-state index in [1.165, 1.54) is 32.1 Å². The van der Waals surface area contributed by atoms with Gasteiger partial charge in [0.15, 0.2) is 0 Å². The van der Waals surface area contributed by atoms with Crippen LogP contribution in [0.3, 0.4) is 0 Å². The van der Waals surface area contributed by atoms with Crippen molar-refractivity contribution in [2.75, 3.05) is 27.1 Å². The minimum atomic E-state index is 0. The van der Waals surface area contributed by atoms with Crippen molar-refractivity contribution in [3.63, 3.8) is 0 Å². The molecule has 1 saturated carbocycles. The molecule has 0 saturated heterocycles. The number of methoxy groups -OCH3 is 1. The van der Waals surface area contributed by atoms with Gasteiger partial charge in [-0.1, -0.05) is 81.1 Å². The molecular formula is C23H51LaN4O-5. The fourth-order valence-corrected chi connectivity index (χ4v) is 2.33. The van der Waals surface area contributed by atoms with E-state index >= 15 is 0 Å². The first-order valence-electron chi connectivity index (χ1n) is 10.8. The van der Waals surface area contributed by atoms with Crippen molar-refractivity contribution in [2.24, 2.45) is 5.92 Å². The van der Waals surface area contributed by atoms with Crippen LogP contribution in [0.5, 0.6) is 0 Å². The molecule has 0 atom stereocenters. The molecule has 0 bridgehead atoms. The van der Waals surface area contributed by atoms with Gasteiger partial charge in [-0.3, -0.25) is 13.3 Å². The Morgan fingerprint density at radius 1 is 0.690 bits per heavy atom. The standard InChI is InChI=1S/C8H16O.2C7H16N2.CH3.La/c1-9-7-6-8-4-2-3-5-8;2*1-6(2)8-5-9-7(3)4;;/h8H,2-7H2,1H3;2*6-7H,5H2,1-4H3;1H3;/q;2*-2;-1;. The van der Waals surface area contributed by atoms with Crippen molar-refractivity contribution in [3.05, 3.63) is 28.7 Å². The summed E-state index contributed by atoms with van der Waals surface area (Å²) in [7, 11) is 1.79. The molecule has 0 unspecified atom stereocenters. The monoisotopic (exact) mass is 538 g/mol. The Hall–Kier alpha value is 0.995. The van der Waals surface area contributed by atoms with Crippen LogP contribution in [-0.2, 0) is 4.74 Å². The first-order chi connectivity index (χ1) is 12.7. The van der Waals surface area contributed by atoms with Gasteiger partial charge < -0.3 is 33.4 Å². The van der Waals surface area contributed by atoms with Gasteiger partial charge in [0.1, 0.15) is 0 Å². The molecule has 0 spiro atoms. The molecule has 1 aliphatic rings. The smallest absolute Gasteiger partial charge is 0.0464 e. The van der Waals surface area contributed by atoms with Gasteiger partial charge in [-0.25, -0.2) is 0 Å². The molecule has 6 heteroatoms. The van der Waals surface area contributed by atoms with Crippen LogP contribution in [0.15, 0.2) is 0 Å². The molecule has 1 aliphatic carbocycles. The molecule has 5 nitrogen and oxygen atoms in total. The second-order valence-corrected chi connectivity index (χ2v) is 8.32. The number of nitrogens with zero attached hydrogens (tertiary/aromatic N) is 4. The molecule has 0 N–H and O–H groups in total. The third-order valence-electron chi connectivity index (χ3n) is 3.99. The maximum atomic E-state index is 5.00. The SMILES string of the molecule is CC(C)[N-]C[N-]C(C)C.CC(C)[N-]C[N-]C(C)C.COCCC1CCCC1.[CH3-].[La]. The van der Waals surface area contributed by atoms with Gasteiger partial charge in [0, 0.05) is 49.3 Å². The fourth-order valence-electron chi connectivity index (χ4n) is 2.33. The summed E-state index contributed by atoms with van der Waals surface area (Å²) in [6, 6.07) is 1.69. The van der Waals surface area contributed by atoms with Gasteiger partial charge in [-0.15, -0.1) is 24.2 Å². The predicted octanol–water partition coefficient (Wildman–Crippen LogP) is 7.68.